The summed E-state index contributed by atoms with van der Waals surface area (Å²) in [5.74, 6) is -2.27. The number of phenols is 1. The molecule has 0 atom stereocenters. The van der Waals surface area contributed by atoms with Gasteiger partial charge >= 0.3 is 6.01 Å². The van der Waals surface area contributed by atoms with Crippen molar-refractivity contribution >= 4 is 27.5 Å². The van der Waals surface area contributed by atoms with Crippen molar-refractivity contribution in [3.05, 3.63) is 47.7 Å². The molecule has 0 spiro atoms. The van der Waals surface area contributed by atoms with Crippen LogP contribution in [0.2, 0.25) is 0 Å². The van der Waals surface area contributed by atoms with Gasteiger partial charge in [0.05, 0.1) is 23.0 Å². The minimum atomic E-state index is -2.94. The van der Waals surface area contributed by atoms with Crippen LogP contribution in [0.5, 0.6) is 11.8 Å². The first-order chi connectivity index (χ1) is 20.7. The number of fused-ring (bicyclic) bond motifs is 3. The van der Waals surface area contributed by atoms with E-state index < -0.39 is 24.1 Å². The average molecular weight is 592 g/mol. The number of aromatic hydroxyl groups is 1. The number of hydrogen-bond donors (Lipinski definition) is 1. The third-order valence-corrected chi connectivity index (χ3v) is 9.07. The van der Waals surface area contributed by atoms with Gasteiger partial charge in [-0.05, 0) is 68.8 Å². The highest BCUT2D eigenvalue weighted by molar-refractivity contribution is 6.03. The van der Waals surface area contributed by atoms with Crippen LogP contribution in [0.4, 0.5) is 23.4 Å². The molecule has 0 bridgehead atoms. The molecule has 1 N–H and O–H groups in total. The maximum Gasteiger partial charge on any atom is 0.319 e. The van der Waals surface area contributed by atoms with Crippen molar-refractivity contribution in [1.29, 1.82) is 0 Å². The number of aromatic nitrogens is 3. The number of piperidine rings is 1. The molecule has 7 nitrogen and oxygen atoms in total. The second-order valence-corrected chi connectivity index (χ2v) is 11.8. The third-order valence-electron chi connectivity index (χ3n) is 9.07. The zero-order chi connectivity index (χ0) is 29.9. The Kier molecular flexibility index (Phi) is 6.58. The predicted octanol–water partition coefficient (Wildman–Crippen LogP) is 6.05. The van der Waals surface area contributed by atoms with Gasteiger partial charge in [-0.1, -0.05) is 12.0 Å². The van der Waals surface area contributed by atoms with E-state index in [0.29, 0.717) is 18.5 Å². The van der Waals surface area contributed by atoms with E-state index in [0.717, 1.165) is 38.8 Å². The van der Waals surface area contributed by atoms with Gasteiger partial charge in [0.15, 0.2) is 5.82 Å². The van der Waals surface area contributed by atoms with E-state index in [-0.39, 0.29) is 69.1 Å². The van der Waals surface area contributed by atoms with E-state index in [9.17, 15) is 18.3 Å². The van der Waals surface area contributed by atoms with Gasteiger partial charge in [0, 0.05) is 30.1 Å². The Morgan fingerprint density at radius 3 is 2.53 bits per heavy atom. The molecule has 0 saturated carbocycles. The van der Waals surface area contributed by atoms with Crippen LogP contribution < -0.4 is 9.64 Å². The number of benzene rings is 2. The molecule has 2 aromatic heterocycles. The number of phenolic OH excluding ortho intramolecular Hbond substituents is 1. The Morgan fingerprint density at radius 1 is 1.02 bits per heavy atom. The number of halogens is 4. The molecule has 7 rings (SSSR count). The fraction of sp³-hybridized carbons (Fsp3) is 0.406. The van der Waals surface area contributed by atoms with Crippen LogP contribution in [0, 0.1) is 24.0 Å². The highest BCUT2D eigenvalue weighted by atomic mass is 19.3. The van der Waals surface area contributed by atoms with Crippen molar-refractivity contribution in [2.45, 2.75) is 50.0 Å². The summed E-state index contributed by atoms with van der Waals surface area (Å²) < 4.78 is 66.5. The number of terminal acetylenes is 1. The number of rotatable bonds is 5. The largest absolute Gasteiger partial charge is 0.508 e. The molecule has 3 aliphatic rings. The summed E-state index contributed by atoms with van der Waals surface area (Å²) in [6.45, 7) is 1.98. The molecule has 3 fully saturated rings. The van der Waals surface area contributed by atoms with Crippen LogP contribution >= 0.6 is 0 Å². The van der Waals surface area contributed by atoms with Gasteiger partial charge in [0.25, 0.3) is 5.92 Å². The smallest absolute Gasteiger partial charge is 0.319 e. The molecular weight excluding hydrogens is 562 g/mol. The minimum absolute atomic E-state index is 0.0698. The highest BCUT2D eigenvalue weighted by Crippen LogP contribution is 2.41. The Balaban J connectivity index is 1.39. The topological polar surface area (TPSA) is 74.6 Å². The summed E-state index contributed by atoms with van der Waals surface area (Å²) >= 11 is 0. The van der Waals surface area contributed by atoms with Crippen LogP contribution in [-0.2, 0) is 0 Å². The summed E-state index contributed by atoms with van der Waals surface area (Å²) in [4.78, 5) is 17.1. The number of nitrogens with zero attached hydrogens (tertiary/aromatic N) is 5. The fourth-order valence-corrected chi connectivity index (χ4v) is 7.07. The average Bonchev–Trinajstić information content (AvgIpc) is 3.56. The molecule has 3 saturated heterocycles. The van der Waals surface area contributed by atoms with Gasteiger partial charge in [-0.15, -0.1) is 6.42 Å². The van der Waals surface area contributed by atoms with Gasteiger partial charge in [-0.25, -0.2) is 17.6 Å². The molecule has 0 aliphatic carbocycles. The number of hydrogen-bond acceptors (Lipinski definition) is 7. The lowest BCUT2D eigenvalue weighted by atomic mass is 9.95. The molecule has 5 heterocycles. The first-order valence-electron chi connectivity index (χ1n) is 14.5. The first-order valence-corrected chi connectivity index (χ1v) is 14.5. The summed E-state index contributed by atoms with van der Waals surface area (Å²) in [6, 6.07) is 5.16. The predicted molar refractivity (Wildman–Crippen MR) is 154 cm³/mol. The van der Waals surface area contributed by atoms with Crippen molar-refractivity contribution < 1.29 is 27.4 Å². The monoisotopic (exact) mass is 591 g/mol. The molecule has 0 amide bonds. The number of pyridine rings is 1. The zero-order valence-corrected chi connectivity index (χ0v) is 23.3. The fourth-order valence-electron chi connectivity index (χ4n) is 7.07. The van der Waals surface area contributed by atoms with Crippen LogP contribution in [0.3, 0.4) is 0 Å². The SMILES string of the molecule is C#Cc1c(F)ccc2cc(O)cc(-c3ncc4c(N5CCCC(F)(F)C5)nc(OCC56CCCN5CCC6)nc4c3F)c12. The van der Waals surface area contributed by atoms with Crippen LogP contribution in [0.1, 0.15) is 44.1 Å². The van der Waals surface area contributed by atoms with Crippen molar-refractivity contribution in [3.8, 4) is 35.4 Å². The second-order valence-electron chi connectivity index (χ2n) is 11.8. The van der Waals surface area contributed by atoms with Crippen LogP contribution in [-0.4, -0.2) is 69.2 Å². The molecule has 2 aromatic carbocycles. The maximum absolute atomic E-state index is 16.6. The van der Waals surface area contributed by atoms with E-state index in [1.54, 1.807) is 0 Å². The highest BCUT2D eigenvalue weighted by Gasteiger charge is 2.45. The Hall–Kier alpha value is -4.17. The molecule has 3 aliphatic heterocycles. The number of anilines is 1. The molecule has 11 heteroatoms. The summed E-state index contributed by atoms with van der Waals surface area (Å²) in [5, 5.41) is 11.2. The molecule has 0 unspecified atom stereocenters. The normalized spacial score (nSPS) is 19.6. The maximum atomic E-state index is 16.6. The lowest BCUT2D eigenvalue weighted by Gasteiger charge is -2.34. The van der Waals surface area contributed by atoms with Crippen molar-refractivity contribution in [3.63, 3.8) is 0 Å². The molecule has 222 valence electrons. The molecule has 43 heavy (non-hydrogen) atoms. The summed E-state index contributed by atoms with van der Waals surface area (Å²) in [6.07, 6.45) is 11.0. The van der Waals surface area contributed by atoms with Gasteiger partial charge in [0.2, 0.25) is 0 Å². The van der Waals surface area contributed by atoms with Crippen LogP contribution in [0.25, 0.3) is 32.9 Å². The van der Waals surface area contributed by atoms with E-state index in [1.807, 2.05) is 0 Å². The van der Waals surface area contributed by atoms with E-state index in [2.05, 4.69) is 25.8 Å². The van der Waals surface area contributed by atoms with Gasteiger partial charge < -0.3 is 14.7 Å². The quantitative estimate of drug-likeness (QED) is 0.224. The van der Waals surface area contributed by atoms with E-state index >= 15 is 4.39 Å². The number of ether oxygens (including phenoxy) is 1. The number of alkyl halides is 2. The van der Waals surface area contributed by atoms with Gasteiger partial charge in [-0.3, -0.25) is 9.88 Å². The first kappa shape index (κ1) is 27.7. The van der Waals surface area contributed by atoms with Crippen molar-refractivity contribution in [2.75, 3.05) is 37.7 Å². The minimum Gasteiger partial charge on any atom is -0.508 e. The summed E-state index contributed by atoms with van der Waals surface area (Å²) in [5.41, 5.74) is -0.587. The van der Waals surface area contributed by atoms with Gasteiger partial charge in [0.1, 0.15) is 35.2 Å². The van der Waals surface area contributed by atoms with Gasteiger partial charge in [-0.2, -0.15) is 9.97 Å². The Morgan fingerprint density at radius 2 is 1.79 bits per heavy atom. The van der Waals surface area contributed by atoms with E-state index in [1.165, 1.54) is 35.4 Å². The van der Waals surface area contributed by atoms with Crippen molar-refractivity contribution in [2.24, 2.45) is 0 Å². The lowest BCUT2D eigenvalue weighted by molar-refractivity contribution is -0.0118. The Labute approximate surface area is 245 Å². The lowest BCUT2D eigenvalue weighted by Crippen LogP contribution is -2.44. The van der Waals surface area contributed by atoms with Crippen molar-refractivity contribution in [1.82, 2.24) is 19.9 Å². The zero-order valence-electron chi connectivity index (χ0n) is 23.3. The van der Waals surface area contributed by atoms with E-state index in [4.69, 9.17) is 11.2 Å². The third kappa shape index (κ3) is 4.68. The Bertz CT molecular complexity index is 1800. The molecule has 0 radical (unpaired) electrons. The molecule has 4 aromatic rings. The summed E-state index contributed by atoms with van der Waals surface area (Å²) in [7, 11) is 0. The standard InChI is InChI=1S/C32H29F4N5O2/c1-2-21-24(33)7-6-19-14-20(42)15-22(25(19)21)27-26(34)28-23(16-37-27)29(40-11-5-10-32(35,36)17-40)39-30(38-28)43-18-31-8-3-12-41(31)13-4-9-31/h1,6-7,14-16,42H,3-5,8-13,17-18H2. The second kappa shape index (κ2) is 10.2. The molecular formula is C32H29F4N5O2. The van der Waals surface area contributed by atoms with Crippen LogP contribution in [0.15, 0.2) is 30.5 Å².